The van der Waals surface area contributed by atoms with Crippen LogP contribution < -0.4 is 0 Å². The second kappa shape index (κ2) is 11.6. The smallest absolute Gasteiger partial charge is 0.303 e. The van der Waals surface area contributed by atoms with E-state index in [9.17, 15) is 15.0 Å². The van der Waals surface area contributed by atoms with E-state index in [4.69, 9.17) is 5.11 Å². The summed E-state index contributed by atoms with van der Waals surface area (Å²) in [5.41, 5.74) is -0.122. The van der Waals surface area contributed by atoms with E-state index in [2.05, 4.69) is 32.9 Å². The van der Waals surface area contributed by atoms with Crippen LogP contribution in [0.2, 0.25) is 0 Å². The summed E-state index contributed by atoms with van der Waals surface area (Å²) >= 11 is 0. The third kappa shape index (κ3) is 8.05. The summed E-state index contributed by atoms with van der Waals surface area (Å²) in [4.78, 5) is 10.5. The lowest BCUT2D eigenvalue weighted by molar-refractivity contribution is -0.137. The molecular weight excluding hydrogens is 328 g/mol. The number of carboxylic acid groups (broad SMARTS) is 1. The van der Waals surface area contributed by atoms with Crippen LogP contribution in [0, 0.1) is 17.3 Å². The lowest BCUT2D eigenvalue weighted by atomic mass is 9.80. The van der Waals surface area contributed by atoms with Gasteiger partial charge in [-0.1, -0.05) is 57.9 Å². The number of carbonyl (C=O) groups is 1. The lowest BCUT2D eigenvalue weighted by Crippen LogP contribution is -2.27. The summed E-state index contributed by atoms with van der Waals surface area (Å²) in [6.07, 6.45) is 14.8. The fraction of sp³-hybridized carbons (Fsp3) is 0.773. The molecule has 1 aliphatic rings. The highest BCUT2D eigenvalue weighted by molar-refractivity contribution is 5.66. The van der Waals surface area contributed by atoms with Crippen molar-refractivity contribution in [3.05, 3.63) is 24.3 Å². The highest BCUT2D eigenvalue weighted by Gasteiger charge is 2.33. The third-order valence-corrected chi connectivity index (χ3v) is 5.69. The maximum absolute atomic E-state index is 10.5. The van der Waals surface area contributed by atoms with Crippen molar-refractivity contribution < 1.29 is 20.1 Å². The number of aliphatic hydroxyl groups is 2. The molecular formula is C22H38O4. The van der Waals surface area contributed by atoms with Crippen LogP contribution in [0.5, 0.6) is 0 Å². The number of hydrogen-bond donors (Lipinski definition) is 3. The van der Waals surface area contributed by atoms with Gasteiger partial charge in [-0.2, -0.15) is 0 Å². The molecule has 1 aliphatic carbocycles. The normalized spacial score (nSPS) is 25.3. The first-order valence-corrected chi connectivity index (χ1v) is 10.2. The Hall–Kier alpha value is -1.13. The van der Waals surface area contributed by atoms with Gasteiger partial charge >= 0.3 is 5.97 Å². The van der Waals surface area contributed by atoms with E-state index < -0.39 is 12.1 Å². The van der Waals surface area contributed by atoms with Crippen molar-refractivity contribution >= 4 is 5.97 Å². The van der Waals surface area contributed by atoms with Gasteiger partial charge in [-0.3, -0.25) is 4.79 Å². The fourth-order valence-electron chi connectivity index (χ4n) is 3.68. The molecule has 26 heavy (non-hydrogen) atoms. The van der Waals surface area contributed by atoms with Crippen molar-refractivity contribution in [1.29, 1.82) is 0 Å². The Bertz CT molecular complexity index is 467. The number of hydrogen-bond acceptors (Lipinski definition) is 3. The van der Waals surface area contributed by atoms with Crippen LogP contribution in [0.15, 0.2) is 24.3 Å². The van der Waals surface area contributed by atoms with Crippen molar-refractivity contribution in [2.24, 2.45) is 17.3 Å². The molecule has 1 fully saturated rings. The van der Waals surface area contributed by atoms with Crippen LogP contribution in [0.25, 0.3) is 0 Å². The molecule has 0 heterocycles. The molecule has 1 rings (SSSR count). The number of carboxylic acids is 1. The maximum atomic E-state index is 10.5. The molecule has 0 aromatic rings. The number of allylic oxidation sites excluding steroid dienone is 3. The number of aliphatic carboxylic acids is 1. The van der Waals surface area contributed by atoms with Crippen molar-refractivity contribution in [3.63, 3.8) is 0 Å². The van der Waals surface area contributed by atoms with Crippen molar-refractivity contribution in [3.8, 4) is 0 Å². The van der Waals surface area contributed by atoms with E-state index in [0.717, 1.165) is 44.9 Å². The topological polar surface area (TPSA) is 77.8 Å². The number of aliphatic hydroxyl groups excluding tert-OH is 2. The summed E-state index contributed by atoms with van der Waals surface area (Å²) in [5.74, 6) is -0.270. The monoisotopic (exact) mass is 366 g/mol. The van der Waals surface area contributed by atoms with Gasteiger partial charge in [0.25, 0.3) is 0 Å². The first-order valence-electron chi connectivity index (χ1n) is 10.2. The molecule has 0 amide bonds. The second-order valence-corrected chi connectivity index (χ2v) is 8.39. The van der Waals surface area contributed by atoms with Gasteiger partial charge in [-0.05, 0) is 55.8 Å². The average Bonchev–Trinajstić information content (AvgIpc) is 2.93. The summed E-state index contributed by atoms with van der Waals surface area (Å²) in [6.45, 7) is 6.38. The quantitative estimate of drug-likeness (QED) is 0.345. The van der Waals surface area contributed by atoms with E-state index in [1.54, 1.807) is 0 Å². The van der Waals surface area contributed by atoms with E-state index in [1.807, 2.05) is 12.2 Å². The molecule has 0 bridgehead atoms. The van der Waals surface area contributed by atoms with Gasteiger partial charge in [0, 0.05) is 6.42 Å². The standard InChI is InChI=1S/C22H38O4/c1-4-5-16-22(2,3)20(24)15-13-17-12-14-19(23)18(17)10-8-6-7-9-11-21(25)26/h6,8,13,15,17-20,23-24H,4-5,7,9-12,14,16H2,1-3H3,(H,25,26)/t17?,18-,19-,20?/m1/s1. The minimum atomic E-state index is -0.754. The molecule has 3 N–H and O–H groups in total. The van der Waals surface area contributed by atoms with Gasteiger partial charge in [0.15, 0.2) is 0 Å². The Morgan fingerprint density at radius 1 is 1.23 bits per heavy atom. The zero-order valence-corrected chi connectivity index (χ0v) is 16.7. The van der Waals surface area contributed by atoms with Gasteiger partial charge in [-0.15, -0.1) is 0 Å². The van der Waals surface area contributed by atoms with Gasteiger partial charge in [0.1, 0.15) is 0 Å². The minimum absolute atomic E-state index is 0.122. The van der Waals surface area contributed by atoms with E-state index in [0.29, 0.717) is 12.3 Å². The molecule has 150 valence electrons. The molecule has 0 aliphatic heterocycles. The Morgan fingerprint density at radius 2 is 1.96 bits per heavy atom. The van der Waals surface area contributed by atoms with Crippen molar-refractivity contribution in [1.82, 2.24) is 0 Å². The predicted octanol–water partition coefficient (Wildman–Crippen LogP) is 4.71. The first-order chi connectivity index (χ1) is 12.3. The van der Waals surface area contributed by atoms with Crippen LogP contribution in [-0.2, 0) is 4.79 Å². The number of rotatable bonds is 12. The molecule has 1 saturated carbocycles. The molecule has 4 nitrogen and oxygen atoms in total. The zero-order valence-electron chi connectivity index (χ0n) is 16.7. The Labute approximate surface area is 159 Å². The molecule has 4 atom stereocenters. The van der Waals surface area contributed by atoms with Crippen LogP contribution >= 0.6 is 0 Å². The Morgan fingerprint density at radius 3 is 2.62 bits per heavy atom. The van der Waals surface area contributed by atoms with Gasteiger partial charge in [0.2, 0.25) is 0 Å². The van der Waals surface area contributed by atoms with Gasteiger partial charge in [0.05, 0.1) is 12.2 Å². The highest BCUT2D eigenvalue weighted by atomic mass is 16.4. The van der Waals surface area contributed by atoms with Gasteiger partial charge in [-0.25, -0.2) is 0 Å². The van der Waals surface area contributed by atoms with Crippen LogP contribution in [-0.4, -0.2) is 33.5 Å². The molecule has 4 heteroatoms. The van der Waals surface area contributed by atoms with E-state index >= 15 is 0 Å². The van der Waals surface area contributed by atoms with Crippen LogP contribution in [0.4, 0.5) is 0 Å². The van der Waals surface area contributed by atoms with Crippen molar-refractivity contribution in [2.45, 2.75) is 90.8 Å². The predicted molar refractivity (Wildman–Crippen MR) is 106 cm³/mol. The first kappa shape index (κ1) is 22.9. The molecule has 2 unspecified atom stereocenters. The summed E-state index contributed by atoms with van der Waals surface area (Å²) in [5, 5.41) is 29.4. The molecule has 0 spiro atoms. The summed E-state index contributed by atoms with van der Waals surface area (Å²) in [6, 6.07) is 0. The van der Waals surface area contributed by atoms with Crippen LogP contribution in [0.3, 0.4) is 0 Å². The lowest BCUT2D eigenvalue weighted by Gasteiger charge is -2.29. The third-order valence-electron chi connectivity index (χ3n) is 5.69. The molecule has 0 saturated heterocycles. The molecule has 0 radical (unpaired) electrons. The largest absolute Gasteiger partial charge is 0.481 e. The van der Waals surface area contributed by atoms with Crippen molar-refractivity contribution in [2.75, 3.05) is 0 Å². The minimum Gasteiger partial charge on any atom is -0.481 e. The maximum Gasteiger partial charge on any atom is 0.303 e. The fourth-order valence-corrected chi connectivity index (χ4v) is 3.68. The summed E-state index contributed by atoms with van der Waals surface area (Å²) in [7, 11) is 0. The van der Waals surface area contributed by atoms with E-state index in [-0.39, 0.29) is 23.9 Å². The highest BCUT2D eigenvalue weighted by Crippen LogP contribution is 2.37. The molecule has 0 aromatic heterocycles. The second-order valence-electron chi connectivity index (χ2n) is 8.39. The van der Waals surface area contributed by atoms with Crippen LogP contribution in [0.1, 0.15) is 78.6 Å². The SMILES string of the molecule is CCCCC(C)(C)C(O)C=CC1CC[C@@H](O)[C@@H]1CC=CCCCC(=O)O. The van der Waals surface area contributed by atoms with E-state index in [1.165, 1.54) is 0 Å². The Balaban J connectivity index is 2.51. The van der Waals surface area contributed by atoms with Gasteiger partial charge < -0.3 is 15.3 Å². The number of unbranched alkanes of at least 4 members (excludes halogenated alkanes) is 2. The summed E-state index contributed by atoms with van der Waals surface area (Å²) < 4.78 is 0. The Kier molecular flexibility index (Phi) is 10.2. The zero-order chi connectivity index (χ0) is 19.6. The average molecular weight is 367 g/mol. The molecule has 0 aromatic carbocycles.